The van der Waals surface area contributed by atoms with Crippen molar-refractivity contribution in [3.63, 3.8) is 0 Å². The highest BCUT2D eigenvalue weighted by Gasteiger charge is 2.19. The van der Waals surface area contributed by atoms with Crippen LogP contribution in [0.1, 0.15) is 6.92 Å². The van der Waals surface area contributed by atoms with E-state index in [9.17, 15) is 8.42 Å². The van der Waals surface area contributed by atoms with Gasteiger partial charge in [-0.3, -0.25) is 0 Å². The van der Waals surface area contributed by atoms with Gasteiger partial charge < -0.3 is 10.8 Å². The van der Waals surface area contributed by atoms with Crippen molar-refractivity contribution in [2.45, 2.75) is 17.9 Å². The van der Waals surface area contributed by atoms with Gasteiger partial charge in [0.1, 0.15) is 0 Å². The van der Waals surface area contributed by atoms with Crippen molar-refractivity contribution in [3.8, 4) is 0 Å². The van der Waals surface area contributed by atoms with E-state index in [-0.39, 0.29) is 11.5 Å². The average molecular weight is 309 g/mol. The summed E-state index contributed by atoms with van der Waals surface area (Å²) in [6, 6.07) is 3.97. The van der Waals surface area contributed by atoms with Crippen molar-refractivity contribution >= 4 is 31.6 Å². The highest BCUT2D eigenvalue weighted by atomic mass is 79.9. The number of aliphatic hydroxyl groups is 1. The Morgan fingerprint density at radius 2 is 2.19 bits per heavy atom. The first kappa shape index (κ1) is 13.4. The Morgan fingerprint density at radius 1 is 1.56 bits per heavy atom. The Labute approximate surface area is 103 Å². The molecule has 1 aromatic carbocycles. The lowest BCUT2D eigenvalue weighted by Gasteiger charge is -2.13. The zero-order chi connectivity index (χ0) is 12.3. The van der Waals surface area contributed by atoms with Crippen LogP contribution >= 0.6 is 15.9 Å². The molecule has 16 heavy (non-hydrogen) atoms. The number of nitrogen functional groups attached to an aromatic ring is 1. The van der Waals surface area contributed by atoms with Gasteiger partial charge in [-0.1, -0.05) is 0 Å². The normalized spacial score (nSPS) is 13.7. The number of aliphatic hydroxyl groups excluding tert-OH is 1. The second-order valence-corrected chi connectivity index (χ2v) is 5.93. The van der Waals surface area contributed by atoms with Gasteiger partial charge in [-0.15, -0.1) is 0 Å². The van der Waals surface area contributed by atoms with Gasteiger partial charge in [0.05, 0.1) is 11.5 Å². The van der Waals surface area contributed by atoms with Crippen LogP contribution in [0.5, 0.6) is 0 Å². The van der Waals surface area contributed by atoms with E-state index in [0.29, 0.717) is 10.2 Å². The minimum atomic E-state index is -3.66. The Hall–Kier alpha value is -0.630. The zero-order valence-electron chi connectivity index (χ0n) is 8.64. The van der Waals surface area contributed by atoms with E-state index in [1.54, 1.807) is 19.1 Å². The molecule has 0 aliphatic carbocycles. The summed E-state index contributed by atoms with van der Waals surface area (Å²) in [5.74, 6) is 0. The maximum absolute atomic E-state index is 11.9. The fourth-order valence-corrected chi connectivity index (χ4v) is 3.32. The molecule has 0 amide bonds. The first-order chi connectivity index (χ1) is 7.36. The Bertz CT molecular complexity index is 476. The fourth-order valence-electron chi connectivity index (χ4n) is 1.09. The van der Waals surface area contributed by atoms with E-state index in [1.165, 1.54) is 6.07 Å². The Kier molecular flexibility index (Phi) is 4.31. The molecule has 7 heteroatoms. The molecule has 0 radical (unpaired) electrons. The second-order valence-electron chi connectivity index (χ2n) is 3.39. The van der Waals surface area contributed by atoms with Crippen molar-refractivity contribution < 1.29 is 13.5 Å². The maximum Gasteiger partial charge on any atom is 0.242 e. The summed E-state index contributed by atoms with van der Waals surface area (Å²) in [7, 11) is -3.66. The molecular weight excluding hydrogens is 296 g/mol. The molecule has 4 N–H and O–H groups in total. The predicted molar refractivity (Wildman–Crippen MR) is 65.4 cm³/mol. The van der Waals surface area contributed by atoms with Crippen LogP contribution in [0.2, 0.25) is 0 Å². The third kappa shape index (κ3) is 3.18. The molecule has 0 heterocycles. The Morgan fingerprint density at radius 3 is 2.75 bits per heavy atom. The summed E-state index contributed by atoms with van der Waals surface area (Å²) in [6.07, 6.45) is 0. The largest absolute Gasteiger partial charge is 0.399 e. The number of nitrogens with one attached hydrogen (secondary N) is 1. The van der Waals surface area contributed by atoms with E-state index < -0.39 is 16.1 Å². The van der Waals surface area contributed by atoms with Crippen LogP contribution in [0.4, 0.5) is 5.69 Å². The van der Waals surface area contributed by atoms with Crippen LogP contribution < -0.4 is 10.5 Å². The van der Waals surface area contributed by atoms with Crippen molar-refractivity contribution in [1.82, 2.24) is 4.72 Å². The summed E-state index contributed by atoms with van der Waals surface area (Å²) in [4.78, 5) is 0.0628. The van der Waals surface area contributed by atoms with Crippen LogP contribution in [0.3, 0.4) is 0 Å². The summed E-state index contributed by atoms with van der Waals surface area (Å²) in [5, 5.41) is 8.81. The van der Waals surface area contributed by atoms with Crippen LogP contribution in [-0.2, 0) is 10.0 Å². The summed E-state index contributed by atoms with van der Waals surface area (Å²) in [6.45, 7) is 1.30. The van der Waals surface area contributed by atoms with Crippen molar-refractivity contribution in [2.24, 2.45) is 0 Å². The second kappa shape index (κ2) is 5.13. The minimum Gasteiger partial charge on any atom is -0.399 e. The quantitative estimate of drug-likeness (QED) is 0.714. The maximum atomic E-state index is 11.9. The average Bonchev–Trinajstić information content (AvgIpc) is 2.20. The number of anilines is 1. The van der Waals surface area contributed by atoms with Gasteiger partial charge in [0.2, 0.25) is 10.0 Å². The van der Waals surface area contributed by atoms with Gasteiger partial charge in [-0.05, 0) is 41.1 Å². The number of nitrogens with two attached hydrogens (primary N) is 1. The predicted octanol–water partition coefficient (Wildman–Crippen LogP) is 0.690. The van der Waals surface area contributed by atoms with Gasteiger partial charge in [-0.25, -0.2) is 13.1 Å². The molecule has 0 saturated carbocycles. The SMILES string of the molecule is CC(CO)NS(=O)(=O)c1cc(N)ccc1Br. The number of rotatable bonds is 4. The number of hydrogen-bond donors (Lipinski definition) is 3. The van der Waals surface area contributed by atoms with Crippen LogP contribution in [0, 0.1) is 0 Å². The van der Waals surface area contributed by atoms with E-state index >= 15 is 0 Å². The molecule has 1 rings (SSSR count). The molecule has 0 aliphatic rings. The van der Waals surface area contributed by atoms with Gasteiger partial charge in [0, 0.05) is 16.2 Å². The van der Waals surface area contributed by atoms with E-state index in [1.807, 2.05) is 0 Å². The van der Waals surface area contributed by atoms with Crippen molar-refractivity contribution in [3.05, 3.63) is 22.7 Å². The molecule has 0 aromatic heterocycles. The lowest BCUT2D eigenvalue weighted by atomic mass is 10.3. The van der Waals surface area contributed by atoms with E-state index in [2.05, 4.69) is 20.7 Å². The monoisotopic (exact) mass is 308 g/mol. The van der Waals surface area contributed by atoms with Gasteiger partial charge >= 0.3 is 0 Å². The first-order valence-electron chi connectivity index (χ1n) is 4.55. The molecule has 1 unspecified atom stereocenters. The summed E-state index contributed by atoms with van der Waals surface area (Å²) in [5.41, 5.74) is 5.89. The molecular formula is C9H13BrN2O3S. The highest BCUT2D eigenvalue weighted by Crippen LogP contribution is 2.24. The molecule has 0 saturated heterocycles. The van der Waals surface area contributed by atoms with Crippen molar-refractivity contribution in [2.75, 3.05) is 12.3 Å². The molecule has 1 atom stereocenters. The molecule has 90 valence electrons. The number of benzene rings is 1. The fraction of sp³-hybridized carbons (Fsp3) is 0.333. The molecule has 5 nitrogen and oxygen atoms in total. The standard InChI is InChI=1S/C9H13BrN2O3S/c1-6(5-13)12-16(14,15)9-4-7(11)2-3-8(9)10/h2-4,6,12-13H,5,11H2,1H3. The third-order valence-corrected chi connectivity index (χ3v) is 4.46. The summed E-state index contributed by atoms with van der Waals surface area (Å²) >= 11 is 3.14. The molecule has 0 aliphatic heterocycles. The minimum absolute atomic E-state index is 0.0628. The molecule has 0 spiro atoms. The Balaban J connectivity index is 3.12. The lowest BCUT2D eigenvalue weighted by Crippen LogP contribution is -2.35. The van der Waals surface area contributed by atoms with Crippen molar-refractivity contribution in [1.29, 1.82) is 0 Å². The topological polar surface area (TPSA) is 92.4 Å². The van der Waals surface area contributed by atoms with E-state index in [4.69, 9.17) is 10.8 Å². The number of sulfonamides is 1. The molecule has 0 bridgehead atoms. The third-order valence-electron chi connectivity index (χ3n) is 1.87. The van der Waals surface area contributed by atoms with Crippen LogP contribution in [0.15, 0.2) is 27.6 Å². The zero-order valence-corrected chi connectivity index (χ0v) is 11.0. The van der Waals surface area contributed by atoms with Crippen LogP contribution in [0.25, 0.3) is 0 Å². The van der Waals surface area contributed by atoms with Gasteiger partial charge in [0.15, 0.2) is 0 Å². The van der Waals surface area contributed by atoms with Gasteiger partial charge in [-0.2, -0.15) is 0 Å². The smallest absolute Gasteiger partial charge is 0.242 e. The number of halogens is 1. The molecule has 1 aromatic rings. The lowest BCUT2D eigenvalue weighted by molar-refractivity contribution is 0.265. The molecule has 0 fully saturated rings. The highest BCUT2D eigenvalue weighted by molar-refractivity contribution is 9.10. The summed E-state index contributed by atoms with van der Waals surface area (Å²) < 4.78 is 26.5. The first-order valence-corrected chi connectivity index (χ1v) is 6.82. The van der Waals surface area contributed by atoms with Gasteiger partial charge in [0.25, 0.3) is 0 Å². The van der Waals surface area contributed by atoms with Crippen LogP contribution in [-0.4, -0.2) is 26.2 Å². The number of hydrogen-bond acceptors (Lipinski definition) is 4. The van der Waals surface area contributed by atoms with E-state index in [0.717, 1.165) is 0 Å².